The number of nitrogens with zero attached hydrogens (tertiary/aromatic N) is 2. The molecule has 0 radical (unpaired) electrons. The van der Waals surface area contributed by atoms with E-state index in [-0.39, 0.29) is 6.04 Å². The second kappa shape index (κ2) is 7.55. The van der Waals surface area contributed by atoms with Gasteiger partial charge in [-0.15, -0.1) is 0 Å². The molecule has 0 spiro atoms. The van der Waals surface area contributed by atoms with Gasteiger partial charge in [-0.1, -0.05) is 67.2 Å². The van der Waals surface area contributed by atoms with Crippen molar-refractivity contribution < 1.29 is 0 Å². The average molecular weight is 397 g/mol. The first-order valence-corrected chi connectivity index (χ1v) is 9.39. The predicted molar refractivity (Wildman–Crippen MR) is 107 cm³/mol. The SMILES string of the molecule is CC[C@H](C)[C@H](N)c1nc2cc(Cl)c(Cl)cc2n1Cc1cccc(Cl)c1. The molecule has 3 aromatic rings. The van der Waals surface area contributed by atoms with Crippen LogP contribution in [0.5, 0.6) is 0 Å². The third-order valence-electron chi connectivity index (χ3n) is 4.60. The van der Waals surface area contributed by atoms with Crippen LogP contribution in [-0.4, -0.2) is 9.55 Å². The number of benzene rings is 2. The second-order valence-electron chi connectivity index (χ2n) is 6.35. The van der Waals surface area contributed by atoms with Crippen LogP contribution < -0.4 is 5.73 Å². The fraction of sp³-hybridized carbons (Fsp3) is 0.316. The first-order chi connectivity index (χ1) is 11.9. The molecule has 0 unspecified atom stereocenters. The minimum Gasteiger partial charge on any atom is -0.322 e. The van der Waals surface area contributed by atoms with Crippen LogP contribution in [0.15, 0.2) is 36.4 Å². The van der Waals surface area contributed by atoms with Crippen molar-refractivity contribution in [1.29, 1.82) is 0 Å². The van der Waals surface area contributed by atoms with Crippen molar-refractivity contribution in [1.82, 2.24) is 9.55 Å². The number of fused-ring (bicyclic) bond motifs is 1. The molecule has 0 aliphatic carbocycles. The van der Waals surface area contributed by atoms with Crippen molar-refractivity contribution in [2.24, 2.45) is 11.7 Å². The highest BCUT2D eigenvalue weighted by Gasteiger charge is 2.22. The van der Waals surface area contributed by atoms with E-state index in [2.05, 4.69) is 18.4 Å². The monoisotopic (exact) mass is 395 g/mol. The molecular formula is C19H20Cl3N3. The number of halogens is 3. The Hall–Kier alpha value is -1.26. The van der Waals surface area contributed by atoms with Crippen LogP contribution in [0.25, 0.3) is 11.0 Å². The maximum atomic E-state index is 6.50. The topological polar surface area (TPSA) is 43.8 Å². The Bertz CT molecular complexity index is 904. The van der Waals surface area contributed by atoms with Crippen LogP contribution in [0.1, 0.15) is 37.7 Å². The Balaban J connectivity index is 2.16. The Labute approximate surface area is 162 Å². The smallest absolute Gasteiger partial charge is 0.127 e. The summed E-state index contributed by atoms with van der Waals surface area (Å²) in [5, 5.41) is 1.70. The summed E-state index contributed by atoms with van der Waals surface area (Å²) >= 11 is 18.5. The van der Waals surface area contributed by atoms with Gasteiger partial charge in [0.25, 0.3) is 0 Å². The largest absolute Gasteiger partial charge is 0.322 e. The molecule has 3 nitrogen and oxygen atoms in total. The van der Waals surface area contributed by atoms with Crippen molar-refractivity contribution in [3.8, 4) is 0 Å². The van der Waals surface area contributed by atoms with Crippen molar-refractivity contribution in [2.45, 2.75) is 32.9 Å². The highest BCUT2D eigenvalue weighted by atomic mass is 35.5. The minimum atomic E-state index is -0.172. The molecule has 0 aliphatic rings. The van der Waals surface area contributed by atoms with E-state index < -0.39 is 0 Å². The maximum absolute atomic E-state index is 6.50. The fourth-order valence-corrected chi connectivity index (χ4v) is 3.41. The van der Waals surface area contributed by atoms with Gasteiger partial charge in [0.15, 0.2) is 0 Å². The summed E-state index contributed by atoms with van der Waals surface area (Å²) < 4.78 is 2.11. The number of hydrogen-bond acceptors (Lipinski definition) is 2. The summed E-state index contributed by atoms with van der Waals surface area (Å²) in [7, 11) is 0. The lowest BCUT2D eigenvalue weighted by molar-refractivity contribution is 0.428. The molecule has 0 saturated heterocycles. The summed E-state index contributed by atoms with van der Waals surface area (Å²) in [6.45, 7) is 4.88. The molecule has 6 heteroatoms. The predicted octanol–water partition coefficient (Wildman–Crippen LogP) is 6.09. The zero-order valence-electron chi connectivity index (χ0n) is 14.1. The van der Waals surface area contributed by atoms with Crippen LogP contribution in [-0.2, 0) is 6.54 Å². The zero-order chi connectivity index (χ0) is 18.1. The molecule has 2 N–H and O–H groups in total. The lowest BCUT2D eigenvalue weighted by Gasteiger charge is -2.20. The molecule has 3 rings (SSSR count). The van der Waals surface area contributed by atoms with E-state index in [0.717, 1.165) is 28.8 Å². The highest BCUT2D eigenvalue weighted by Crippen LogP contribution is 2.32. The van der Waals surface area contributed by atoms with E-state index in [1.54, 1.807) is 6.07 Å². The zero-order valence-corrected chi connectivity index (χ0v) is 16.4. The fourth-order valence-electron chi connectivity index (χ4n) is 2.89. The van der Waals surface area contributed by atoms with Gasteiger partial charge in [0.1, 0.15) is 5.82 Å². The van der Waals surface area contributed by atoms with Crippen molar-refractivity contribution >= 4 is 45.8 Å². The van der Waals surface area contributed by atoms with Crippen LogP contribution in [0, 0.1) is 5.92 Å². The molecular weight excluding hydrogens is 377 g/mol. The molecule has 0 bridgehead atoms. The minimum absolute atomic E-state index is 0.172. The lowest BCUT2D eigenvalue weighted by atomic mass is 9.99. The van der Waals surface area contributed by atoms with Crippen LogP contribution in [0.2, 0.25) is 15.1 Å². The molecule has 0 aliphatic heterocycles. The second-order valence-corrected chi connectivity index (χ2v) is 7.60. The summed E-state index contributed by atoms with van der Waals surface area (Å²) in [6.07, 6.45) is 0.975. The number of rotatable bonds is 5. The Kier molecular flexibility index (Phi) is 5.59. The summed E-state index contributed by atoms with van der Waals surface area (Å²) in [5.74, 6) is 1.14. The third-order valence-corrected chi connectivity index (χ3v) is 5.56. The lowest BCUT2D eigenvalue weighted by Crippen LogP contribution is -2.23. The van der Waals surface area contributed by atoms with Gasteiger partial charge in [0, 0.05) is 11.6 Å². The van der Waals surface area contributed by atoms with Gasteiger partial charge in [-0.05, 0) is 35.7 Å². The van der Waals surface area contributed by atoms with Crippen LogP contribution in [0.4, 0.5) is 0 Å². The summed E-state index contributed by atoms with van der Waals surface area (Å²) in [5.41, 5.74) is 9.29. The van der Waals surface area contributed by atoms with Crippen LogP contribution >= 0.6 is 34.8 Å². The molecule has 0 amide bonds. The highest BCUT2D eigenvalue weighted by molar-refractivity contribution is 6.42. The van der Waals surface area contributed by atoms with Gasteiger partial charge in [-0.3, -0.25) is 0 Å². The van der Waals surface area contributed by atoms with E-state index in [1.165, 1.54) is 0 Å². The van der Waals surface area contributed by atoms with E-state index >= 15 is 0 Å². The van der Waals surface area contributed by atoms with E-state index in [0.29, 0.717) is 27.5 Å². The first-order valence-electron chi connectivity index (χ1n) is 8.26. The molecule has 0 saturated carbocycles. The maximum Gasteiger partial charge on any atom is 0.127 e. The van der Waals surface area contributed by atoms with Gasteiger partial charge >= 0.3 is 0 Å². The van der Waals surface area contributed by atoms with Gasteiger partial charge < -0.3 is 10.3 Å². The van der Waals surface area contributed by atoms with Gasteiger partial charge in [-0.2, -0.15) is 0 Å². The van der Waals surface area contributed by atoms with Crippen molar-refractivity contribution in [3.63, 3.8) is 0 Å². The quantitative estimate of drug-likeness (QED) is 0.567. The first kappa shape index (κ1) is 18.5. The van der Waals surface area contributed by atoms with Gasteiger partial charge in [0.2, 0.25) is 0 Å². The van der Waals surface area contributed by atoms with E-state index in [9.17, 15) is 0 Å². The van der Waals surface area contributed by atoms with Gasteiger partial charge in [-0.25, -0.2) is 4.98 Å². The van der Waals surface area contributed by atoms with Crippen molar-refractivity contribution in [2.75, 3.05) is 0 Å². The molecule has 1 heterocycles. The molecule has 25 heavy (non-hydrogen) atoms. The van der Waals surface area contributed by atoms with Gasteiger partial charge in [0.05, 0.1) is 27.1 Å². The molecule has 2 atom stereocenters. The van der Waals surface area contributed by atoms with E-state index in [1.807, 2.05) is 30.3 Å². The molecule has 1 aromatic heterocycles. The number of nitrogens with two attached hydrogens (primary N) is 1. The number of imidazole rings is 1. The molecule has 2 aromatic carbocycles. The number of hydrogen-bond donors (Lipinski definition) is 1. The normalized spacial score (nSPS) is 14.0. The average Bonchev–Trinajstić information content (AvgIpc) is 2.91. The Morgan fingerprint density at radius 2 is 1.84 bits per heavy atom. The Morgan fingerprint density at radius 1 is 1.12 bits per heavy atom. The standard InChI is InChI=1S/C19H20Cl3N3/c1-3-11(2)18(23)19-24-16-8-14(21)15(22)9-17(16)25(19)10-12-5-4-6-13(20)7-12/h4-9,11,18H,3,10,23H2,1-2H3/t11-,18-/m0/s1. The summed E-state index contributed by atoms with van der Waals surface area (Å²) in [6, 6.07) is 11.3. The summed E-state index contributed by atoms with van der Waals surface area (Å²) in [4.78, 5) is 4.76. The molecule has 0 fully saturated rings. The van der Waals surface area contributed by atoms with Crippen LogP contribution in [0.3, 0.4) is 0 Å². The Morgan fingerprint density at radius 3 is 2.52 bits per heavy atom. The van der Waals surface area contributed by atoms with Crippen molar-refractivity contribution in [3.05, 3.63) is 62.9 Å². The third kappa shape index (κ3) is 3.80. The van der Waals surface area contributed by atoms with E-state index in [4.69, 9.17) is 45.5 Å². The number of aromatic nitrogens is 2. The molecule has 132 valence electrons.